The minimum absolute atomic E-state index is 0.00994. The number of piperidine rings is 1. The molecular weight excluding hydrogens is 288 g/mol. The van der Waals surface area contributed by atoms with E-state index in [1.54, 1.807) is 10.5 Å². The molecule has 1 fully saturated rings. The summed E-state index contributed by atoms with van der Waals surface area (Å²) in [6, 6.07) is 5.60. The van der Waals surface area contributed by atoms with Crippen LogP contribution in [0.2, 0.25) is 0 Å². The predicted octanol–water partition coefficient (Wildman–Crippen LogP) is 1.82. The first-order chi connectivity index (χ1) is 11.2. The molecule has 0 saturated carbocycles. The molecule has 1 saturated heterocycles. The Morgan fingerprint density at radius 2 is 2.09 bits per heavy atom. The van der Waals surface area contributed by atoms with Crippen LogP contribution in [-0.4, -0.2) is 40.5 Å². The zero-order valence-corrected chi connectivity index (χ0v) is 14.1. The van der Waals surface area contributed by atoms with Crippen molar-refractivity contribution in [1.82, 2.24) is 19.6 Å². The largest absolute Gasteiger partial charge is 0.317 e. The van der Waals surface area contributed by atoms with Crippen molar-refractivity contribution in [3.63, 3.8) is 0 Å². The molecule has 5 heteroatoms. The Kier molecular flexibility index (Phi) is 5.08. The number of likely N-dealkylation sites (tertiary alicyclic amines) is 1. The fourth-order valence-electron chi connectivity index (χ4n) is 3.27. The van der Waals surface area contributed by atoms with Gasteiger partial charge in [0.2, 0.25) is 0 Å². The first kappa shape index (κ1) is 16.1. The van der Waals surface area contributed by atoms with Crippen LogP contribution >= 0.6 is 0 Å². The highest BCUT2D eigenvalue weighted by atomic mass is 16.1. The van der Waals surface area contributed by atoms with Gasteiger partial charge in [-0.05, 0) is 63.5 Å². The molecule has 5 nitrogen and oxygen atoms in total. The summed E-state index contributed by atoms with van der Waals surface area (Å²) in [6.07, 6.45) is 4.29. The van der Waals surface area contributed by atoms with E-state index < -0.39 is 0 Å². The van der Waals surface area contributed by atoms with Crippen LogP contribution in [0.4, 0.5) is 0 Å². The monoisotopic (exact) mass is 314 g/mol. The third-order valence-electron chi connectivity index (χ3n) is 4.64. The van der Waals surface area contributed by atoms with Gasteiger partial charge in [-0.25, -0.2) is 4.98 Å². The molecule has 0 aliphatic carbocycles. The average molecular weight is 314 g/mol. The summed E-state index contributed by atoms with van der Waals surface area (Å²) >= 11 is 0. The minimum atomic E-state index is 0.00994. The maximum Gasteiger partial charge on any atom is 0.258 e. The smallest absolute Gasteiger partial charge is 0.258 e. The zero-order valence-electron chi connectivity index (χ0n) is 14.1. The molecule has 1 aliphatic rings. The second-order valence-corrected chi connectivity index (χ2v) is 6.55. The van der Waals surface area contributed by atoms with Crippen molar-refractivity contribution in [3.05, 3.63) is 46.0 Å². The van der Waals surface area contributed by atoms with Crippen molar-refractivity contribution >= 4 is 5.65 Å². The summed E-state index contributed by atoms with van der Waals surface area (Å²) in [5.74, 6) is 0.782. The van der Waals surface area contributed by atoms with Crippen molar-refractivity contribution < 1.29 is 0 Å². The van der Waals surface area contributed by atoms with Gasteiger partial charge in [-0.1, -0.05) is 13.0 Å². The Hall–Kier alpha value is -1.72. The lowest BCUT2D eigenvalue weighted by atomic mass is 9.96. The first-order valence-corrected chi connectivity index (χ1v) is 8.57. The van der Waals surface area contributed by atoms with Crippen molar-refractivity contribution in [2.45, 2.75) is 33.2 Å². The number of aryl methyl sites for hydroxylation is 1. The van der Waals surface area contributed by atoms with Crippen LogP contribution in [-0.2, 0) is 6.54 Å². The lowest BCUT2D eigenvalue weighted by Crippen LogP contribution is -2.37. The highest BCUT2D eigenvalue weighted by molar-refractivity contribution is 5.39. The lowest BCUT2D eigenvalue weighted by Gasteiger charge is -2.31. The van der Waals surface area contributed by atoms with Crippen molar-refractivity contribution in [2.75, 3.05) is 26.2 Å². The molecule has 23 heavy (non-hydrogen) atoms. The molecular formula is C18H26N4O. The van der Waals surface area contributed by atoms with Gasteiger partial charge >= 0.3 is 0 Å². The Bertz CT molecular complexity index is 717. The number of hydrogen-bond donors (Lipinski definition) is 1. The van der Waals surface area contributed by atoms with Gasteiger partial charge in [-0.15, -0.1) is 0 Å². The summed E-state index contributed by atoms with van der Waals surface area (Å²) in [4.78, 5) is 19.3. The van der Waals surface area contributed by atoms with Crippen LogP contribution in [0, 0.1) is 12.8 Å². The van der Waals surface area contributed by atoms with Gasteiger partial charge in [0, 0.05) is 18.8 Å². The fourth-order valence-corrected chi connectivity index (χ4v) is 3.27. The molecule has 124 valence electrons. The second-order valence-electron chi connectivity index (χ2n) is 6.55. The molecule has 0 atom stereocenters. The Morgan fingerprint density at radius 1 is 1.30 bits per heavy atom. The summed E-state index contributed by atoms with van der Waals surface area (Å²) in [7, 11) is 0. The summed E-state index contributed by atoms with van der Waals surface area (Å²) in [6.45, 7) is 9.26. The van der Waals surface area contributed by atoms with Crippen LogP contribution in [0.15, 0.2) is 29.2 Å². The molecule has 0 bridgehead atoms. The van der Waals surface area contributed by atoms with E-state index >= 15 is 0 Å². The summed E-state index contributed by atoms with van der Waals surface area (Å²) < 4.78 is 1.63. The van der Waals surface area contributed by atoms with Gasteiger partial charge < -0.3 is 5.32 Å². The predicted molar refractivity (Wildman–Crippen MR) is 92.7 cm³/mol. The van der Waals surface area contributed by atoms with Crippen LogP contribution in [0.25, 0.3) is 5.65 Å². The molecule has 0 spiro atoms. The second kappa shape index (κ2) is 7.23. The van der Waals surface area contributed by atoms with Gasteiger partial charge in [0.25, 0.3) is 5.56 Å². The maximum absolute atomic E-state index is 12.3. The number of aromatic nitrogens is 2. The highest BCUT2D eigenvalue weighted by Crippen LogP contribution is 2.17. The topological polar surface area (TPSA) is 49.6 Å². The maximum atomic E-state index is 12.3. The highest BCUT2D eigenvalue weighted by Gasteiger charge is 2.19. The normalized spacial score (nSPS) is 17.0. The van der Waals surface area contributed by atoms with Crippen LogP contribution in [0.1, 0.15) is 31.0 Å². The van der Waals surface area contributed by atoms with E-state index in [1.165, 1.54) is 12.8 Å². The van der Waals surface area contributed by atoms with Crippen molar-refractivity contribution in [1.29, 1.82) is 0 Å². The molecule has 0 unspecified atom stereocenters. The van der Waals surface area contributed by atoms with Gasteiger partial charge in [-0.2, -0.15) is 0 Å². The van der Waals surface area contributed by atoms with E-state index in [2.05, 4.69) is 22.1 Å². The molecule has 1 N–H and O–H groups in total. The third kappa shape index (κ3) is 3.98. The number of pyridine rings is 1. The molecule has 0 radical (unpaired) electrons. The molecule has 2 aromatic heterocycles. The Labute approximate surface area is 137 Å². The van der Waals surface area contributed by atoms with E-state index in [9.17, 15) is 4.79 Å². The van der Waals surface area contributed by atoms with Crippen LogP contribution in [0.3, 0.4) is 0 Å². The number of rotatable bonds is 5. The molecule has 0 aromatic carbocycles. The van der Waals surface area contributed by atoms with Crippen molar-refractivity contribution in [2.24, 2.45) is 5.92 Å². The molecule has 2 aromatic rings. The van der Waals surface area contributed by atoms with E-state index in [-0.39, 0.29) is 5.56 Å². The molecule has 3 rings (SSSR count). The summed E-state index contributed by atoms with van der Waals surface area (Å²) in [5.41, 5.74) is 2.69. The number of nitrogens with zero attached hydrogens (tertiary/aromatic N) is 3. The average Bonchev–Trinajstić information content (AvgIpc) is 2.55. The Balaban J connectivity index is 1.66. The van der Waals surface area contributed by atoms with E-state index in [1.807, 2.05) is 25.3 Å². The first-order valence-electron chi connectivity index (χ1n) is 8.57. The van der Waals surface area contributed by atoms with Gasteiger partial charge in [0.15, 0.2) is 0 Å². The quantitative estimate of drug-likeness (QED) is 0.915. The van der Waals surface area contributed by atoms with E-state index in [4.69, 9.17) is 0 Å². The molecule has 3 heterocycles. The van der Waals surface area contributed by atoms with Crippen molar-refractivity contribution in [3.8, 4) is 0 Å². The van der Waals surface area contributed by atoms with E-state index in [0.717, 1.165) is 55.5 Å². The number of hydrogen-bond acceptors (Lipinski definition) is 4. The van der Waals surface area contributed by atoms with Gasteiger partial charge in [0.1, 0.15) is 5.65 Å². The lowest BCUT2D eigenvalue weighted by molar-refractivity contribution is 0.174. The third-order valence-corrected chi connectivity index (χ3v) is 4.64. The summed E-state index contributed by atoms with van der Waals surface area (Å²) in [5, 5.41) is 3.44. The minimum Gasteiger partial charge on any atom is -0.317 e. The van der Waals surface area contributed by atoms with Gasteiger partial charge in [-0.3, -0.25) is 14.1 Å². The SMILES string of the molecule is CCNCC1CCN(Cc2cc(=O)n3cc(C)ccc3n2)CC1. The zero-order chi connectivity index (χ0) is 16.2. The Morgan fingerprint density at radius 3 is 2.83 bits per heavy atom. The van der Waals surface area contributed by atoms with Crippen LogP contribution in [0.5, 0.6) is 0 Å². The molecule has 1 aliphatic heterocycles. The van der Waals surface area contributed by atoms with Crippen LogP contribution < -0.4 is 10.9 Å². The fraction of sp³-hybridized carbons (Fsp3) is 0.556. The molecule has 0 amide bonds. The number of fused-ring (bicyclic) bond motifs is 1. The standard InChI is InChI=1S/C18H26N4O/c1-3-19-11-15-6-8-21(9-7-15)13-16-10-18(23)22-12-14(2)4-5-17(22)20-16/h4-5,10,12,15,19H,3,6-9,11,13H2,1-2H3. The van der Waals surface area contributed by atoms with Gasteiger partial charge in [0.05, 0.1) is 5.69 Å². The number of nitrogens with one attached hydrogen (secondary N) is 1. The van der Waals surface area contributed by atoms with E-state index in [0.29, 0.717) is 0 Å².